The molecule has 1 aromatic heterocycles. The number of likely N-dealkylation sites (N-methyl/N-ethyl adjacent to an activating group) is 4. The van der Waals surface area contributed by atoms with Gasteiger partial charge in [0.25, 0.3) is 0 Å². The number of nitrogens with one attached hydrogen (secondary N) is 8. The molecular formula is C78H118N14O16. The number of fused-ring (bicyclic) bond motifs is 1. The lowest BCUT2D eigenvalue weighted by Crippen LogP contribution is -2.60. The normalized spacial score (nSPS) is 15.8. The van der Waals surface area contributed by atoms with Gasteiger partial charge in [0.05, 0.1) is 55.3 Å². The van der Waals surface area contributed by atoms with E-state index in [2.05, 4.69) is 42.2 Å². The number of methoxy groups -OCH3 is 2. The van der Waals surface area contributed by atoms with Gasteiger partial charge in [0.15, 0.2) is 0 Å². The van der Waals surface area contributed by atoms with Gasteiger partial charge < -0.3 is 86.9 Å². The fraction of sp³-hybridized carbons (Fsp3) is 0.590. The standard InChI is InChI=1S/C78H118N14O16/c1-16-49(7)69(61(106-14)43-65(96)92-41-25-31-60(92)71(107-15)50(8)72(99)83-51(9)70(98)53-26-19-18-20-27-53)90(12)76(103)67(47(3)4)87-75(102)68(48(5)6)91(13)78(105)108-46-52-34-36-55(37-35-52)84-73(100)58(30-24-39-81-77(79)104)86-74(101)59(42-54-44-82-57-29-22-21-28-56(54)57)85-63(94)33-23-32-62(93)80-40-38-64(95)89(11)45-66(97)88(10)17-2/h18-22,26-29,34-37,44,47-51,58-61,67-71,82,98H,16-17,23-25,30-33,38-43,45-46H2,1-15H3,(H,80,93)(H,83,99)(H,84,100)(H,85,94)(H,86,101)(H,87,102)(H3,79,81,104)/t49-,50+,51+,58-,59-,60-,61+,67-,68-,69-,70+,71+/m0/s1. The summed E-state index contributed by atoms with van der Waals surface area (Å²) in [6.45, 7) is 17.0. The number of carbonyl (C=O) groups is 12. The number of hydrogen-bond acceptors (Lipinski definition) is 16. The number of benzene rings is 3. The summed E-state index contributed by atoms with van der Waals surface area (Å²) in [4.78, 5) is 173. The van der Waals surface area contributed by atoms with Crippen LogP contribution in [0.2, 0.25) is 0 Å². The third-order valence-corrected chi connectivity index (χ3v) is 20.2. The van der Waals surface area contributed by atoms with Crippen LogP contribution in [-0.4, -0.2) is 235 Å². The van der Waals surface area contributed by atoms with E-state index in [1.54, 1.807) is 108 Å². The number of urea groups is 1. The number of aromatic nitrogens is 1. The summed E-state index contributed by atoms with van der Waals surface area (Å²) in [7, 11) is 9.21. The molecular weight excluding hydrogens is 1390 g/mol. The van der Waals surface area contributed by atoms with Crippen molar-refractivity contribution in [2.24, 2.45) is 29.4 Å². The molecule has 11 N–H and O–H groups in total. The maximum Gasteiger partial charge on any atom is 0.410 e. The monoisotopic (exact) mass is 1510 g/mol. The number of para-hydroxylation sites is 1. The molecule has 1 fully saturated rings. The van der Waals surface area contributed by atoms with Crippen molar-refractivity contribution in [3.8, 4) is 0 Å². The van der Waals surface area contributed by atoms with E-state index in [-0.39, 0.29) is 107 Å². The van der Waals surface area contributed by atoms with Gasteiger partial charge in [0.1, 0.15) is 30.8 Å². The average Bonchev–Trinajstić information content (AvgIpc) is 1.50. The lowest BCUT2D eigenvalue weighted by Gasteiger charge is -2.41. The number of anilines is 1. The second-order valence-electron chi connectivity index (χ2n) is 28.8. The van der Waals surface area contributed by atoms with Crippen LogP contribution in [0, 0.1) is 23.7 Å². The fourth-order valence-electron chi connectivity index (χ4n) is 13.5. The van der Waals surface area contributed by atoms with E-state index >= 15 is 0 Å². The van der Waals surface area contributed by atoms with Crippen LogP contribution in [-0.2, 0) is 75.2 Å². The molecule has 30 nitrogen and oxygen atoms in total. The highest BCUT2D eigenvalue weighted by Crippen LogP contribution is 2.31. The summed E-state index contributed by atoms with van der Waals surface area (Å²) in [5.74, 6) is -6.25. The first-order valence-electron chi connectivity index (χ1n) is 37.4. The Hall–Kier alpha value is -9.68. The number of aliphatic hydroxyl groups excluding tert-OH is 1. The van der Waals surface area contributed by atoms with Crippen LogP contribution in [0.5, 0.6) is 0 Å². The molecule has 0 spiro atoms. The average molecular weight is 1510 g/mol. The molecule has 0 unspecified atom stereocenters. The number of nitrogens with two attached hydrogens (primary N) is 1. The molecule has 2 heterocycles. The number of likely N-dealkylation sites (tertiary alicyclic amines) is 1. The van der Waals surface area contributed by atoms with E-state index < -0.39 is 126 Å². The zero-order chi connectivity index (χ0) is 80.1. The Morgan fingerprint density at radius 1 is 0.676 bits per heavy atom. The lowest BCUT2D eigenvalue weighted by molar-refractivity contribution is -0.148. The second-order valence-corrected chi connectivity index (χ2v) is 28.8. The Labute approximate surface area is 635 Å². The van der Waals surface area contributed by atoms with E-state index in [4.69, 9.17) is 19.9 Å². The Morgan fingerprint density at radius 3 is 1.97 bits per heavy atom. The number of aromatic amines is 1. The SMILES string of the molecule is CC[C@H](C)[C@@H]([C@@H](CC(=O)N1CCC[C@H]1[C@H](OC)[C@@H](C)C(=O)N[C@H](C)[C@@H](O)c1ccccc1)OC)N(C)C(=O)[C@@H](NC(=O)[C@H](C(C)C)N(C)C(=O)OCc1ccc(NC(=O)[C@H](CCCNC(N)=O)NC(=O)[C@H](Cc2c[nH]c3ccccc23)NC(=O)CCCC(=O)NCCC(=O)N(C)CC(=O)N(C)CC)cc1)C(C)C. The topological polar surface area (TPSA) is 395 Å². The highest BCUT2D eigenvalue weighted by Gasteiger charge is 2.44. The van der Waals surface area contributed by atoms with Crippen LogP contribution >= 0.6 is 0 Å². The summed E-state index contributed by atoms with van der Waals surface area (Å²) >= 11 is 0. The summed E-state index contributed by atoms with van der Waals surface area (Å²) < 4.78 is 17.8. The van der Waals surface area contributed by atoms with Gasteiger partial charge in [-0.2, -0.15) is 0 Å². The van der Waals surface area contributed by atoms with Crippen LogP contribution in [0.1, 0.15) is 149 Å². The molecule has 12 atom stereocenters. The second kappa shape index (κ2) is 44.0. The van der Waals surface area contributed by atoms with Crippen molar-refractivity contribution in [2.45, 2.75) is 200 Å². The van der Waals surface area contributed by atoms with Crippen LogP contribution < -0.4 is 43.0 Å². The zero-order valence-corrected chi connectivity index (χ0v) is 65.6. The van der Waals surface area contributed by atoms with Crippen molar-refractivity contribution in [2.75, 3.05) is 80.5 Å². The van der Waals surface area contributed by atoms with Crippen LogP contribution in [0.3, 0.4) is 0 Å². The first-order chi connectivity index (χ1) is 51.3. The van der Waals surface area contributed by atoms with Gasteiger partial charge in [0.2, 0.25) is 59.1 Å². The van der Waals surface area contributed by atoms with Gasteiger partial charge in [0, 0.05) is 117 Å². The molecule has 108 heavy (non-hydrogen) atoms. The summed E-state index contributed by atoms with van der Waals surface area (Å²) in [6, 6.07) is 15.7. The molecule has 0 bridgehead atoms. The minimum absolute atomic E-state index is 0.00470. The van der Waals surface area contributed by atoms with Crippen molar-refractivity contribution < 1.29 is 76.9 Å². The molecule has 4 aromatic rings. The number of rotatable bonds is 43. The Kier molecular flexibility index (Phi) is 36.2. The molecule has 3 aromatic carbocycles. The molecule has 13 amide bonds. The van der Waals surface area contributed by atoms with E-state index in [1.165, 1.54) is 43.0 Å². The van der Waals surface area contributed by atoms with Crippen molar-refractivity contribution in [1.82, 2.24) is 61.4 Å². The Bertz CT molecular complexity index is 3630. The highest BCUT2D eigenvalue weighted by atomic mass is 16.6. The third kappa shape index (κ3) is 26.3. The quantitative estimate of drug-likeness (QED) is 0.0252. The number of H-pyrrole nitrogens is 1. The molecule has 1 aliphatic rings. The van der Waals surface area contributed by atoms with E-state index in [1.807, 2.05) is 63.2 Å². The molecule has 0 radical (unpaired) electrons. The zero-order valence-electron chi connectivity index (χ0n) is 65.6. The van der Waals surface area contributed by atoms with Crippen LogP contribution in [0.4, 0.5) is 15.3 Å². The third-order valence-electron chi connectivity index (χ3n) is 20.2. The molecule has 596 valence electrons. The number of primary amides is 1. The largest absolute Gasteiger partial charge is 0.445 e. The molecule has 1 saturated heterocycles. The smallest absolute Gasteiger partial charge is 0.410 e. The lowest BCUT2D eigenvalue weighted by atomic mass is 9.89. The number of carbonyl (C=O) groups excluding carboxylic acids is 12. The number of amides is 13. The van der Waals surface area contributed by atoms with Crippen molar-refractivity contribution in [1.29, 1.82) is 0 Å². The Balaban J connectivity index is 1.21. The predicted molar refractivity (Wildman–Crippen MR) is 409 cm³/mol. The molecule has 0 saturated carbocycles. The van der Waals surface area contributed by atoms with E-state index in [0.717, 1.165) is 10.9 Å². The van der Waals surface area contributed by atoms with E-state index in [9.17, 15) is 62.6 Å². The number of aliphatic hydroxyl groups is 1. The van der Waals surface area contributed by atoms with Crippen molar-refractivity contribution in [3.05, 3.63) is 102 Å². The van der Waals surface area contributed by atoms with Crippen molar-refractivity contribution in [3.63, 3.8) is 0 Å². The number of hydrogen-bond donors (Lipinski definition) is 10. The van der Waals surface area contributed by atoms with Gasteiger partial charge >= 0.3 is 12.1 Å². The van der Waals surface area contributed by atoms with Gasteiger partial charge in [-0.3, -0.25) is 52.8 Å². The first kappa shape index (κ1) is 88.9. The molecule has 1 aliphatic heterocycles. The maximum atomic E-state index is 14.9. The maximum absolute atomic E-state index is 14.9. The molecule has 5 rings (SSSR count). The minimum atomic E-state index is -1.21. The first-order valence-corrected chi connectivity index (χ1v) is 37.4. The van der Waals surface area contributed by atoms with Crippen molar-refractivity contribution >= 4 is 87.8 Å². The minimum Gasteiger partial charge on any atom is -0.445 e. The molecule has 0 aliphatic carbocycles. The van der Waals surface area contributed by atoms with Crippen LogP contribution in [0.15, 0.2) is 85.1 Å². The predicted octanol–water partition coefficient (Wildman–Crippen LogP) is 5.27. The van der Waals surface area contributed by atoms with Crippen LogP contribution in [0.25, 0.3) is 10.9 Å². The summed E-state index contributed by atoms with van der Waals surface area (Å²) in [5.41, 5.74) is 8.27. The summed E-state index contributed by atoms with van der Waals surface area (Å²) in [6.07, 6.45) is 0.294. The molecule has 30 heteroatoms. The summed E-state index contributed by atoms with van der Waals surface area (Å²) in [5, 5.41) is 31.2. The Morgan fingerprint density at radius 2 is 1.34 bits per heavy atom. The van der Waals surface area contributed by atoms with Gasteiger partial charge in [-0.1, -0.05) is 116 Å². The van der Waals surface area contributed by atoms with Gasteiger partial charge in [-0.15, -0.1) is 0 Å². The van der Waals surface area contributed by atoms with Gasteiger partial charge in [-0.05, 0) is 98.6 Å². The number of ether oxygens (including phenoxy) is 3. The number of nitrogens with zero attached hydrogens (tertiary/aromatic N) is 5. The van der Waals surface area contributed by atoms with Gasteiger partial charge in [-0.25, -0.2) is 9.59 Å². The highest BCUT2D eigenvalue weighted by molar-refractivity contribution is 5.99. The fourth-order valence-corrected chi connectivity index (χ4v) is 13.5. The van der Waals surface area contributed by atoms with E-state index in [0.29, 0.717) is 54.7 Å².